The number of piperidine rings is 2. The molecule has 4 aliphatic heterocycles. The van der Waals surface area contributed by atoms with Crippen LogP contribution in [0.25, 0.3) is 55.3 Å². The maximum atomic E-state index is 13.1. The van der Waals surface area contributed by atoms with Crippen molar-refractivity contribution in [1.82, 2.24) is 34.7 Å². The van der Waals surface area contributed by atoms with E-state index in [1.807, 2.05) is 54.7 Å². The van der Waals surface area contributed by atoms with Gasteiger partial charge >= 0.3 is 5.69 Å². The number of rotatable bonds is 6. The third kappa shape index (κ3) is 6.07. The maximum absolute atomic E-state index is 13.1. The molecule has 14 nitrogen and oxygen atoms in total. The molecule has 5 aromatic heterocycles. The summed E-state index contributed by atoms with van der Waals surface area (Å²) in [5.74, 6) is 5.64. The van der Waals surface area contributed by atoms with Crippen LogP contribution in [0.4, 0.5) is 5.82 Å². The fraction of sp³-hybridized carbons (Fsp3) is 0.250. The first kappa shape index (κ1) is 35.3. The molecule has 2 bridgehead atoms. The highest BCUT2D eigenvalue weighted by atomic mass is 16.5. The van der Waals surface area contributed by atoms with Crippen LogP contribution in [0, 0.1) is 11.8 Å². The molecule has 0 spiro atoms. The van der Waals surface area contributed by atoms with Crippen molar-refractivity contribution in [3.05, 3.63) is 107 Å². The highest BCUT2D eigenvalue weighted by molar-refractivity contribution is 6.03. The number of hydrogen-bond acceptors (Lipinski definition) is 10. The molecule has 4 aliphatic rings. The molecular formula is C44H36N8O6. The second-order valence-corrected chi connectivity index (χ2v) is 15.0. The Balaban J connectivity index is 0.850. The lowest BCUT2D eigenvalue weighted by Crippen LogP contribution is -2.57. The number of carbonyl (C=O) groups excluding carboxylic acids is 3. The predicted octanol–water partition coefficient (Wildman–Crippen LogP) is 4.57. The summed E-state index contributed by atoms with van der Waals surface area (Å²) in [6.45, 7) is 1.52. The van der Waals surface area contributed by atoms with Gasteiger partial charge in [0, 0.05) is 80.4 Å². The largest absolute Gasteiger partial charge is 0.448 e. The molecule has 9 heterocycles. The van der Waals surface area contributed by atoms with Crippen molar-refractivity contribution in [2.24, 2.45) is 14.1 Å². The molecule has 0 radical (unpaired) electrons. The summed E-state index contributed by atoms with van der Waals surface area (Å²) < 4.78 is 15.1. The number of imidazole rings is 1. The quantitative estimate of drug-likeness (QED) is 0.181. The molecule has 14 heteroatoms. The number of aromatic nitrogens is 5. The number of ether oxygens (including phenoxy) is 1. The molecule has 7 aromatic rings. The zero-order valence-corrected chi connectivity index (χ0v) is 31.6. The number of anilines is 1. The van der Waals surface area contributed by atoms with E-state index in [0.29, 0.717) is 23.5 Å². The van der Waals surface area contributed by atoms with Crippen molar-refractivity contribution in [2.45, 2.75) is 37.4 Å². The summed E-state index contributed by atoms with van der Waals surface area (Å²) in [7, 11) is 3.58. The number of nitrogens with zero attached hydrogens (tertiary/aromatic N) is 6. The van der Waals surface area contributed by atoms with E-state index < -0.39 is 5.92 Å². The first-order chi connectivity index (χ1) is 28.2. The topological polar surface area (TPSA) is 166 Å². The van der Waals surface area contributed by atoms with Gasteiger partial charge in [-0.3, -0.25) is 38.8 Å². The number of furan rings is 1. The van der Waals surface area contributed by atoms with Crippen molar-refractivity contribution >= 4 is 56.3 Å². The molecule has 3 atom stereocenters. The minimum absolute atomic E-state index is 0.0607. The summed E-state index contributed by atoms with van der Waals surface area (Å²) in [5, 5.41) is 7.82. The Labute approximate surface area is 330 Å². The van der Waals surface area contributed by atoms with E-state index in [0.717, 1.165) is 74.9 Å². The number of nitrogens with one attached hydrogen (secondary N) is 2. The number of imide groups is 1. The van der Waals surface area contributed by atoms with Crippen LogP contribution >= 0.6 is 0 Å². The van der Waals surface area contributed by atoms with Crippen LogP contribution in [0.15, 0.2) is 88.3 Å². The average molecular weight is 773 g/mol. The molecule has 3 unspecified atom stereocenters. The van der Waals surface area contributed by atoms with Crippen molar-refractivity contribution in [3.63, 3.8) is 0 Å². The molecule has 11 rings (SSSR count). The minimum atomic E-state index is -0.443. The Bertz CT molecular complexity index is 2970. The molecule has 2 N–H and O–H groups in total. The van der Waals surface area contributed by atoms with Crippen LogP contribution < -0.4 is 21.2 Å². The second kappa shape index (κ2) is 13.8. The normalized spacial score (nSPS) is 18.9. The number of benzene rings is 2. The highest BCUT2D eigenvalue weighted by Crippen LogP contribution is 2.38. The Morgan fingerprint density at radius 3 is 2.55 bits per heavy atom. The summed E-state index contributed by atoms with van der Waals surface area (Å²) in [6.07, 6.45) is 5.58. The van der Waals surface area contributed by atoms with Crippen molar-refractivity contribution < 1.29 is 23.5 Å². The van der Waals surface area contributed by atoms with Crippen LogP contribution in [-0.2, 0) is 28.4 Å². The maximum Gasteiger partial charge on any atom is 0.328 e. The van der Waals surface area contributed by atoms with Crippen LogP contribution in [0.3, 0.4) is 0 Å². The van der Waals surface area contributed by atoms with Crippen LogP contribution in [-0.4, -0.2) is 73.6 Å². The first-order valence-corrected chi connectivity index (χ1v) is 19.1. The lowest BCUT2D eigenvalue weighted by Gasteiger charge is -2.47. The zero-order chi connectivity index (χ0) is 39.7. The Kier molecular flexibility index (Phi) is 8.41. The van der Waals surface area contributed by atoms with Crippen LogP contribution in [0.1, 0.15) is 47.0 Å². The number of morpholine rings is 1. The van der Waals surface area contributed by atoms with Crippen LogP contribution in [0.2, 0.25) is 0 Å². The Hall–Kier alpha value is -7.11. The van der Waals surface area contributed by atoms with E-state index in [-0.39, 0.29) is 54.3 Å². The third-order valence-corrected chi connectivity index (χ3v) is 11.4. The Morgan fingerprint density at radius 2 is 1.76 bits per heavy atom. The van der Waals surface area contributed by atoms with E-state index in [1.165, 1.54) is 0 Å². The predicted molar refractivity (Wildman–Crippen MR) is 216 cm³/mol. The van der Waals surface area contributed by atoms with Gasteiger partial charge in [0.2, 0.25) is 11.8 Å². The minimum Gasteiger partial charge on any atom is -0.448 e. The number of amides is 3. The second-order valence-electron chi connectivity index (χ2n) is 15.0. The van der Waals surface area contributed by atoms with Gasteiger partial charge in [0.25, 0.3) is 5.91 Å². The fourth-order valence-corrected chi connectivity index (χ4v) is 8.42. The van der Waals surface area contributed by atoms with Crippen LogP contribution in [0.5, 0.6) is 0 Å². The number of aryl methyl sites for hydroxylation is 2. The van der Waals surface area contributed by atoms with Gasteiger partial charge in [0.1, 0.15) is 16.8 Å². The molecule has 3 amide bonds. The van der Waals surface area contributed by atoms with E-state index in [4.69, 9.17) is 19.1 Å². The summed E-state index contributed by atoms with van der Waals surface area (Å²) in [6, 6.07) is 20.7. The lowest BCUT2D eigenvalue weighted by atomic mass is 9.88. The molecule has 288 valence electrons. The molecule has 2 aromatic carbocycles. The molecule has 4 saturated heterocycles. The number of carbonyl (C=O) groups is 3. The van der Waals surface area contributed by atoms with Gasteiger partial charge in [-0.1, -0.05) is 36.3 Å². The number of hydrogen-bond donors (Lipinski definition) is 2. The monoisotopic (exact) mass is 772 g/mol. The smallest absolute Gasteiger partial charge is 0.328 e. The summed E-state index contributed by atoms with van der Waals surface area (Å²) in [4.78, 5) is 66.8. The molecule has 0 aliphatic carbocycles. The van der Waals surface area contributed by atoms with Gasteiger partial charge in [-0.05, 0) is 53.6 Å². The molecule has 4 fully saturated rings. The van der Waals surface area contributed by atoms with E-state index in [9.17, 15) is 19.2 Å². The molecule has 58 heavy (non-hydrogen) atoms. The van der Waals surface area contributed by atoms with Gasteiger partial charge in [-0.15, -0.1) is 0 Å². The number of fused-ring (bicyclic) bond motifs is 5. The molecule has 0 saturated carbocycles. The highest BCUT2D eigenvalue weighted by Gasteiger charge is 2.40. The first-order valence-electron chi connectivity index (χ1n) is 19.1. The number of pyridine rings is 3. The zero-order valence-electron chi connectivity index (χ0n) is 31.6. The van der Waals surface area contributed by atoms with Gasteiger partial charge in [0.05, 0.1) is 41.6 Å². The van der Waals surface area contributed by atoms with Crippen molar-refractivity contribution in [1.29, 1.82) is 0 Å². The standard InChI is InChI=1S/C44H36N8O6/c1-50-37-19-36(48-41(40(37)51(2)44(50)56)52-22-27-17-28(23-52)57-27)30-9-3-6-24-16-35(47-21-33(24)30)25-11-13-34(46-20-25)43(55)45-15-5-7-26-18-32-29(8-4-10-38(32)58-26)31-12-14-39(53)49-42(31)54/h3-4,6,8-11,13,16,18-21,27-28,31H,12,14-15,17,22-23H2,1-2H3,(H,45,55)(H,49,53,54). The van der Waals surface area contributed by atoms with Gasteiger partial charge < -0.3 is 19.4 Å². The van der Waals surface area contributed by atoms with E-state index >= 15 is 0 Å². The third-order valence-electron chi connectivity index (χ3n) is 11.4. The summed E-state index contributed by atoms with van der Waals surface area (Å²) >= 11 is 0. The summed E-state index contributed by atoms with van der Waals surface area (Å²) in [5.41, 5.74) is 6.22. The van der Waals surface area contributed by atoms with Gasteiger partial charge in [-0.25, -0.2) is 9.78 Å². The Morgan fingerprint density at radius 1 is 0.931 bits per heavy atom. The fourth-order valence-electron chi connectivity index (χ4n) is 8.42. The average Bonchev–Trinajstić information content (AvgIpc) is 3.75. The van der Waals surface area contributed by atoms with Crippen molar-refractivity contribution in [3.8, 4) is 34.4 Å². The molecular weight excluding hydrogens is 737 g/mol. The SMILES string of the molecule is Cn1c(=O)n(C)c2c(N3CC4CC(C3)O4)nc(-c3cccc4cc(-c5ccc(C(=O)NCC#Cc6cc7c(C8CCC(=O)NC8=O)cccc7o6)nc5)ncc34)cc21. The van der Waals surface area contributed by atoms with Crippen molar-refractivity contribution in [2.75, 3.05) is 24.5 Å². The van der Waals surface area contributed by atoms with E-state index in [2.05, 4.69) is 32.4 Å². The lowest BCUT2D eigenvalue weighted by molar-refractivity contribution is -0.134. The van der Waals surface area contributed by atoms with Gasteiger partial charge in [0.15, 0.2) is 11.6 Å². The van der Waals surface area contributed by atoms with E-state index in [1.54, 1.807) is 47.6 Å². The van der Waals surface area contributed by atoms with Gasteiger partial charge in [-0.2, -0.15) is 0 Å².